The molecule has 0 bridgehead atoms. The van der Waals surface area contributed by atoms with Crippen molar-refractivity contribution in [3.05, 3.63) is 54.0 Å². The Morgan fingerprint density at radius 3 is 2.81 bits per heavy atom. The van der Waals surface area contributed by atoms with Gasteiger partial charge in [-0.15, -0.1) is 0 Å². The summed E-state index contributed by atoms with van der Waals surface area (Å²) in [5.74, 6) is 1.55. The number of hydrogen-bond acceptors (Lipinski definition) is 7. The van der Waals surface area contributed by atoms with Crippen LogP contribution in [0, 0.1) is 5.92 Å². The quantitative estimate of drug-likeness (QED) is 0.642. The van der Waals surface area contributed by atoms with Crippen molar-refractivity contribution in [3.63, 3.8) is 0 Å². The van der Waals surface area contributed by atoms with E-state index in [0.29, 0.717) is 18.0 Å². The molecule has 0 aromatic carbocycles. The van der Waals surface area contributed by atoms with Gasteiger partial charge in [-0.1, -0.05) is 12.1 Å². The van der Waals surface area contributed by atoms with Crippen molar-refractivity contribution in [1.29, 1.82) is 0 Å². The summed E-state index contributed by atoms with van der Waals surface area (Å²) < 4.78 is 0. The van der Waals surface area contributed by atoms with Crippen molar-refractivity contribution in [1.82, 2.24) is 26.1 Å². The first kappa shape index (κ1) is 17.1. The minimum Gasteiger partial charge on any atom is -0.355 e. The molecule has 5 atom stereocenters. The van der Waals surface area contributed by atoms with Gasteiger partial charge in [0, 0.05) is 56.4 Å². The third-order valence-electron chi connectivity index (χ3n) is 6.23. The number of anilines is 1. The van der Waals surface area contributed by atoms with Gasteiger partial charge in [-0.25, -0.2) is 10.4 Å². The van der Waals surface area contributed by atoms with Crippen LogP contribution in [0.25, 0.3) is 0 Å². The van der Waals surface area contributed by atoms with E-state index >= 15 is 0 Å². The van der Waals surface area contributed by atoms with E-state index in [1.807, 2.05) is 24.7 Å². The first-order chi connectivity index (χ1) is 13.3. The molecular weight excluding hydrogens is 338 g/mol. The van der Waals surface area contributed by atoms with Crippen LogP contribution in [0.2, 0.25) is 0 Å². The topological polar surface area (TPSA) is 91.1 Å². The molecule has 5 heterocycles. The molecule has 2 aromatic heterocycles. The predicted octanol–water partition coefficient (Wildman–Crippen LogP) is 0.882. The van der Waals surface area contributed by atoms with E-state index in [2.05, 4.69) is 44.3 Å². The van der Waals surface area contributed by atoms with E-state index < -0.39 is 0 Å². The Morgan fingerprint density at radius 2 is 2.07 bits per heavy atom. The normalized spacial score (nSPS) is 33.2. The second-order valence-electron chi connectivity index (χ2n) is 7.96. The fourth-order valence-corrected chi connectivity index (χ4v) is 4.70. The Hall–Kier alpha value is -2.06. The molecule has 3 fully saturated rings. The lowest BCUT2D eigenvalue weighted by molar-refractivity contribution is 0.266. The maximum absolute atomic E-state index is 6.03. The van der Waals surface area contributed by atoms with E-state index in [1.54, 1.807) is 0 Å². The number of nitrogens with zero attached hydrogens (tertiary/aromatic N) is 3. The van der Waals surface area contributed by atoms with Crippen LogP contribution < -0.4 is 26.8 Å². The molecule has 0 saturated carbocycles. The molecule has 142 valence electrons. The molecular formula is C20H27N7. The Kier molecular flexibility index (Phi) is 4.53. The summed E-state index contributed by atoms with van der Waals surface area (Å²) >= 11 is 0. The molecule has 3 aliphatic rings. The monoisotopic (exact) mass is 365 g/mol. The third-order valence-corrected chi connectivity index (χ3v) is 6.23. The number of pyridine rings is 2. The molecule has 4 unspecified atom stereocenters. The number of rotatable bonds is 3. The average Bonchev–Trinajstić information content (AvgIpc) is 3.34. The van der Waals surface area contributed by atoms with Crippen LogP contribution in [-0.2, 0) is 0 Å². The molecule has 7 heteroatoms. The van der Waals surface area contributed by atoms with E-state index in [4.69, 9.17) is 10.7 Å². The van der Waals surface area contributed by atoms with Crippen molar-refractivity contribution < 1.29 is 0 Å². The smallest absolute Gasteiger partial charge is 0.128 e. The summed E-state index contributed by atoms with van der Waals surface area (Å²) in [6.45, 7) is 2.85. The lowest BCUT2D eigenvalue weighted by Crippen LogP contribution is -2.46. The number of fused-ring (bicyclic) bond motifs is 1. The second kappa shape index (κ2) is 7.16. The number of nitrogens with one attached hydrogen (secondary N) is 3. The summed E-state index contributed by atoms with van der Waals surface area (Å²) in [4.78, 5) is 11.3. The highest BCUT2D eigenvalue weighted by atomic mass is 15.4. The maximum atomic E-state index is 6.03. The van der Waals surface area contributed by atoms with Crippen LogP contribution in [0.3, 0.4) is 0 Å². The molecule has 0 aliphatic carbocycles. The van der Waals surface area contributed by atoms with Crippen LogP contribution in [-0.4, -0.2) is 41.7 Å². The molecule has 0 spiro atoms. The molecule has 5 rings (SSSR count). The number of hydrazine groups is 1. The van der Waals surface area contributed by atoms with E-state index in [9.17, 15) is 0 Å². The highest BCUT2D eigenvalue weighted by molar-refractivity contribution is 5.41. The standard InChI is InChI=1S/C20H27N7/c21-15-5-7-27(12-15)19-4-3-14(10-24-19)20-16-8-17(13-2-1-6-22-9-13)23-11-18(16)25-26-20/h1-4,6,9-10,15-18,20,23,25-26H,5,7-8,11-12,21H2/t15-,16?,17?,18?,20?/m0/s1. The van der Waals surface area contributed by atoms with Gasteiger partial charge in [0.25, 0.3) is 0 Å². The van der Waals surface area contributed by atoms with Gasteiger partial charge in [0.2, 0.25) is 0 Å². The van der Waals surface area contributed by atoms with Crippen LogP contribution in [0.5, 0.6) is 0 Å². The zero-order valence-corrected chi connectivity index (χ0v) is 15.4. The zero-order chi connectivity index (χ0) is 18.2. The molecule has 7 nitrogen and oxygen atoms in total. The molecule has 27 heavy (non-hydrogen) atoms. The Morgan fingerprint density at radius 1 is 1.11 bits per heavy atom. The largest absolute Gasteiger partial charge is 0.355 e. The van der Waals surface area contributed by atoms with Gasteiger partial charge >= 0.3 is 0 Å². The highest BCUT2D eigenvalue weighted by Gasteiger charge is 2.41. The van der Waals surface area contributed by atoms with Crippen molar-refractivity contribution in [2.75, 3.05) is 24.5 Å². The minimum atomic E-state index is 0.270. The number of piperidine rings is 1. The SMILES string of the molecule is N[C@H]1CCN(c2ccc(C3NNC4CNC(c5cccnc5)CC43)cn2)C1. The van der Waals surface area contributed by atoms with Gasteiger partial charge in [0.1, 0.15) is 5.82 Å². The van der Waals surface area contributed by atoms with Gasteiger partial charge in [-0.05, 0) is 42.0 Å². The fourth-order valence-electron chi connectivity index (χ4n) is 4.70. The van der Waals surface area contributed by atoms with E-state index in [1.165, 1.54) is 11.1 Å². The number of nitrogens with two attached hydrogens (primary N) is 1. The number of aromatic nitrogens is 2. The zero-order valence-electron chi connectivity index (χ0n) is 15.4. The maximum Gasteiger partial charge on any atom is 0.128 e. The van der Waals surface area contributed by atoms with Crippen LogP contribution in [0.15, 0.2) is 42.9 Å². The summed E-state index contributed by atoms with van der Waals surface area (Å²) in [6, 6.07) is 9.86. The Labute approximate surface area is 159 Å². The summed E-state index contributed by atoms with van der Waals surface area (Å²) in [5, 5.41) is 3.65. The van der Waals surface area contributed by atoms with Crippen LogP contribution in [0.4, 0.5) is 5.82 Å². The van der Waals surface area contributed by atoms with Crippen molar-refractivity contribution in [2.24, 2.45) is 11.7 Å². The summed E-state index contributed by atoms with van der Waals surface area (Å²) in [7, 11) is 0. The Balaban J connectivity index is 1.31. The lowest BCUT2D eigenvalue weighted by atomic mass is 9.81. The lowest BCUT2D eigenvalue weighted by Gasteiger charge is -2.34. The van der Waals surface area contributed by atoms with Gasteiger partial charge in [-0.3, -0.25) is 10.4 Å². The van der Waals surface area contributed by atoms with Crippen molar-refractivity contribution >= 4 is 5.82 Å². The molecule has 2 aromatic rings. The average molecular weight is 365 g/mol. The molecule has 3 aliphatic heterocycles. The van der Waals surface area contributed by atoms with Gasteiger partial charge in [0.15, 0.2) is 0 Å². The minimum absolute atomic E-state index is 0.270. The van der Waals surface area contributed by atoms with Gasteiger partial charge < -0.3 is 16.0 Å². The van der Waals surface area contributed by atoms with E-state index in [0.717, 1.165) is 38.3 Å². The molecule has 0 radical (unpaired) electrons. The molecule has 3 saturated heterocycles. The fraction of sp³-hybridized carbons (Fsp3) is 0.500. The highest BCUT2D eigenvalue weighted by Crippen LogP contribution is 2.38. The second-order valence-corrected chi connectivity index (χ2v) is 7.96. The number of hydrogen-bond donors (Lipinski definition) is 4. The first-order valence-electron chi connectivity index (χ1n) is 9.89. The van der Waals surface area contributed by atoms with E-state index in [-0.39, 0.29) is 12.1 Å². The molecule has 5 N–H and O–H groups in total. The van der Waals surface area contributed by atoms with Gasteiger partial charge in [0.05, 0.1) is 6.04 Å². The summed E-state index contributed by atoms with van der Waals surface area (Å²) in [5.41, 5.74) is 15.5. The summed E-state index contributed by atoms with van der Waals surface area (Å²) in [6.07, 6.45) is 7.95. The Bertz CT molecular complexity index is 766. The van der Waals surface area contributed by atoms with Crippen LogP contribution in [0.1, 0.15) is 36.1 Å². The van der Waals surface area contributed by atoms with Crippen molar-refractivity contribution in [3.8, 4) is 0 Å². The molecule has 0 amide bonds. The first-order valence-corrected chi connectivity index (χ1v) is 9.89. The van der Waals surface area contributed by atoms with Gasteiger partial charge in [-0.2, -0.15) is 0 Å². The predicted molar refractivity (Wildman–Crippen MR) is 105 cm³/mol. The van der Waals surface area contributed by atoms with Crippen LogP contribution >= 0.6 is 0 Å². The third kappa shape index (κ3) is 3.32. The van der Waals surface area contributed by atoms with Crippen molar-refractivity contribution in [2.45, 2.75) is 37.0 Å².